The smallest absolute Gasteiger partial charge is 0.250 e. The van der Waals surface area contributed by atoms with Crippen LogP contribution >= 0.6 is 0 Å². The zero-order valence-electron chi connectivity index (χ0n) is 10.1. The predicted octanol–water partition coefficient (Wildman–Crippen LogP) is 1.51. The Labute approximate surface area is 87.4 Å². The monoisotopic (exact) mass is 199 g/mol. The summed E-state index contributed by atoms with van der Waals surface area (Å²) >= 11 is 0. The Kier molecular flexibility index (Phi) is 4.85. The lowest BCUT2D eigenvalue weighted by Gasteiger charge is -2.38. The third kappa shape index (κ3) is 3.14. The van der Waals surface area contributed by atoms with E-state index in [2.05, 4.69) is 32.8 Å². The van der Waals surface area contributed by atoms with Crippen molar-refractivity contribution in [3.8, 4) is 0 Å². The molecule has 0 aliphatic carbocycles. The number of hydrogen-bond acceptors (Lipinski definition) is 1. The quantitative estimate of drug-likeness (QED) is 0.406. The van der Waals surface area contributed by atoms with Crippen molar-refractivity contribution in [2.75, 3.05) is 20.1 Å². The third-order valence-electron chi connectivity index (χ3n) is 3.11. The van der Waals surface area contributed by atoms with Gasteiger partial charge in [-0.25, -0.2) is 0 Å². The van der Waals surface area contributed by atoms with Crippen LogP contribution in [-0.4, -0.2) is 36.7 Å². The minimum Gasteiger partial charge on any atom is -0.307 e. The maximum Gasteiger partial charge on any atom is 0.250 e. The predicted molar refractivity (Wildman–Crippen MR) is 59.7 cm³/mol. The van der Waals surface area contributed by atoms with Gasteiger partial charge in [0.25, 0.3) is 5.91 Å². The van der Waals surface area contributed by atoms with E-state index in [1.165, 1.54) is 0 Å². The zero-order chi connectivity index (χ0) is 11.4. The molecular weight excluding hydrogens is 176 g/mol. The molecule has 3 heteroatoms. The van der Waals surface area contributed by atoms with Crippen molar-refractivity contribution in [2.45, 2.75) is 33.9 Å². The average Bonchev–Trinajstić information content (AvgIpc) is 2.16. The number of nitrogens with one attached hydrogen (secondary N) is 1. The molecule has 0 aliphatic heterocycles. The van der Waals surface area contributed by atoms with Gasteiger partial charge in [0.05, 0.1) is 20.1 Å². The van der Waals surface area contributed by atoms with Gasteiger partial charge in [0.2, 0.25) is 0 Å². The molecule has 1 amide bonds. The van der Waals surface area contributed by atoms with Crippen LogP contribution in [0.2, 0.25) is 0 Å². The first-order chi connectivity index (χ1) is 6.37. The second-order valence-electron chi connectivity index (χ2n) is 4.04. The first-order valence-corrected chi connectivity index (χ1v) is 5.18. The van der Waals surface area contributed by atoms with Gasteiger partial charge >= 0.3 is 0 Å². The van der Waals surface area contributed by atoms with Gasteiger partial charge in [0, 0.05) is 12.5 Å². The Hall–Kier alpha value is -0.830. The van der Waals surface area contributed by atoms with E-state index in [1.807, 2.05) is 6.92 Å². The average molecular weight is 199 g/mol. The van der Waals surface area contributed by atoms with E-state index < -0.39 is 0 Å². The summed E-state index contributed by atoms with van der Waals surface area (Å²) in [5.74, 6) is -0.0521. The van der Waals surface area contributed by atoms with Gasteiger partial charge in [-0.05, 0) is 20.8 Å². The van der Waals surface area contributed by atoms with Crippen LogP contribution in [0, 0.1) is 0 Å². The molecule has 0 aromatic heterocycles. The van der Waals surface area contributed by atoms with E-state index in [9.17, 15) is 4.79 Å². The Bertz CT molecular complexity index is 219. The molecule has 0 aromatic carbocycles. The summed E-state index contributed by atoms with van der Waals surface area (Å²) in [6.45, 7) is 13.7. The molecule has 3 nitrogen and oxygen atoms in total. The van der Waals surface area contributed by atoms with Gasteiger partial charge in [-0.2, -0.15) is 0 Å². The van der Waals surface area contributed by atoms with Gasteiger partial charge in [-0.15, -0.1) is 0 Å². The van der Waals surface area contributed by atoms with Crippen molar-refractivity contribution in [1.82, 2.24) is 5.32 Å². The van der Waals surface area contributed by atoms with Gasteiger partial charge in [0.15, 0.2) is 6.17 Å². The number of carbonyl (C=O) groups excluding carboxylic acids is 1. The van der Waals surface area contributed by atoms with Crippen LogP contribution < -0.4 is 5.32 Å². The maximum absolute atomic E-state index is 11.4. The highest BCUT2D eigenvalue weighted by molar-refractivity contribution is 5.92. The van der Waals surface area contributed by atoms with Crippen LogP contribution in [0.15, 0.2) is 12.2 Å². The number of hydrogen-bond donors (Lipinski definition) is 1. The minimum absolute atomic E-state index is 0.0521. The number of nitrogens with zero attached hydrogens (tertiary/aromatic N) is 1. The molecule has 1 N–H and O–H groups in total. The van der Waals surface area contributed by atoms with Crippen molar-refractivity contribution < 1.29 is 9.28 Å². The van der Waals surface area contributed by atoms with Crippen molar-refractivity contribution in [3.05, 3.63) is 12.2 Å². The van der Waals surface area contributed by atoms with Crippen molar-refractivity contribution in [2.24, 2.45) is 0 Å². The second kappa shape index (κ2) is 5.15. The lowest BCUT2D eigenvalue weighted by atomic mass is 10.3. The van der Waals surface area contributed by atoms with Crippen LogP contribution in [0.3, 0.4) is 0 Å². The van der Waals surface area contributed by atoms with Crippen LogP contribution in [-0.2, 0) is 4.79 Å². The second-order valence-corrected chi connectivity index (χ2v) is 4.04. The molecule has 0 rings (SSSR count). The molecule has 0 saturated heterocycles. The Morgan fingerprint density at radius 2 is 1.86 bits per heavy atom. The van der Waals surface area contributed by atoms with Gasteiger partial charge < -0.3 is 9.80 Å². The Morgan fingerprint density at radius 1 is 1.43 bits per heavy atom. The summed E-state index contributed by atoms with van der Waals surface area (Å²) in [7, 11) is 2.14. The Balaban J connectivity index is 4.39. The summed E-state index contributed by atoms with van der Waals surface area (Å²) in [6.07, 6.45) is 0.134. The van der Waals surface area contributed by atoms with Crippen molar-refractivity contribution in [1.29, 1.82) is 0 Å². The lowest BCUT2D eigenvalue weighted by Crippen LogP contribution is -2.58. The van der Waals surface area contributed by atoms with E-state index in [0.29, 0.717) is 5.57 Å². The third-order valence-corrected chi connectivity index (χ3v) is 3.11. The highest BCUT2D eigenvalue weighted by Gasteiger charge is 2.26. The topological polar surface area (TPSA) is 29.1 Å². The van der Waals surface area contributed by atoms with E-state index >= 15 is 0 Å². The fourth-order valence-corrected chi connectivity index (χ4v) is 1.24. The molecule has 0 radical (unpaired) electrons. The molecule has 1 unspecified atom stereocenters. The number of carbonyl (C=O) groups is 1. The summed E-state index contributed by atoms with van der Waals surface area (Å²) in [4.78, 5) is 11.4. The molecule has 0 saturated carbocycles. The summed E-state index contributed by atoms with van der Waals surface area (Å²) in [6, 6.07) is 0. The molecule has 82 valence electrons. The van der Waals surface area contributed by atoms with Gasteiger partial charge in [-0.3, -0.25) is 4.79 Å². The van der Waals surface area contributed by atoms with Gasteiger partial charge in [0.1, 0.15) is 0 Å². The van der Waals surface area contributed by atoms with Crippen LogP contribution in [0.4, 0.5) is 0 Å². The summed E-state index contributed by atoms with van der Waals surface area (Å²) < 4.78 is 0.846. The van der Waals surface area contributed by atoms with E-state index in [1.54, 1.807) is 6.92 Å². The van der Waals surface area contributed by atoms with E-state index in [4.69, 9.17) is 0 Å². The zero-order valence-corrected chi connectivity index (χ0v) is 10.1. The number of quaternary nitrogens is 1. The fraction of sp³-hybridized carbons (Fsp3) is 0.727. The molecule has 0 spiro atoms. The fourth-order valence-electron chi connectivity index (χ4n) is 1.24. The van der Waals surface area contributed by atoms with Crippen LogP contribution in [0.1, 0.15) is 27.7 Å². The summed E-state index contributed by atoms with van der Waals surface area (Å²) in [5, 5.41) is 2.96. The van der Waals surface area contributed by atoms with Crippen molar-refractivity contribution >= 4 is 5.91 Å². The number of rotatable bonds is 5. The Morgan fingerprint density at radius 3 is 2.14 bits per heavy atom. The molecular formula is C11H23N2O+. The largest absolute Gasteiger partial charge is 0.307 e. The normalized spacial score (nSPS) is 13.5. The maximum atomic E-state index is 11.4. The van der Waals surface area contributed by atoms with E-state index in [0.717, 1.165) is 17.6 Å². The molecule has 0 aliphatic rings. The number of amides is 1. The molecule has 0 fully saturated rings. The van der Waals surface area contributed by atoms with E-state index in [-0.39, 0.29) is 12.1 Å². The SMILES string of the molecule is C=C(C)C(=O)NC(C)[N+](C)(CC)CC. The molecule has 1 atom stereocenters. The highest BCUT2D eigenvalue weighted by atomic mass is 16.1. The lowest BCUT2D eigenvalue weighted by molar-refractivity contribution is -0.930. The molecule has 0 bridgehead atoms. The molecule has 0 aromatic rings. The van der Waals surface area contributed by atoms with Crippen LogP contribution in [0.5, 0.6) is 0 Å². The van der Waals surface area contributed by atoms with Gasteiger partial charge in [-0.1, -0.05) is 6.58 Å². The molecule has 0 heterocycles. The summed E-state index contributed by atoms with van der Waals surface area (Å²) in [5.41, 5.74) is 0.565. The minimum atomic E-state index is -0.0521. The molecule has 14 heavy (non-hydrogen) atoms. The first-order valence-electron chi connectivity index (χ1n) is 5.18. The van der Waals surface area contributed by atoms with Crippen LogP contribution in [0.25, 0.3) is 0 Å². The highest BCUT2D eigenvalue weighted by Crippen LogP contribution is 2.07. The first kappa shape index (κ1) is 13.2. The van der Waals surface area contributed by atoms with Crippen molar-refractivity contribution in [3.63, 3.8) is 0 Å². The standard InChI is InChI=1S/C11H22N2O/c1-7-13(6,8-2)10(5)12-11(14)9(3)4/h10H,3,7-8H2,1-2,4-6H3/p+1.